The number of aliphatic hydroxyl groups excluding tert-OH is 4. The first kappa shape index (κ1) is 102. The highest BCUT2D eigenvalue weighted by Gasteiger charge is 2.50. The van der Waals surface area contributed by atoms with Gasteiger partial charge in [0.2, 0.25) is 59.3 Å². The number of amides is 8. The lowest BCUT2D eigenvalue weighted by molar-refractivity contribution is -0.301. The first-order valence-electron chi connectivity index (χ1n) is 45.4. The number of aliphatic hydroxyl groups is 4. The Bertz CT molecular complexity index is 5380. The Hall–Kier alpha value is -10.4. The van der Waals surface area contributed by atoms with Gasteiger partial charge in [-0.1, -0.05) is 115 Å². The predicted octanol–water partition coefficient (Wildman–Crippen LogP) is 6.58. The minimum absolute atomic E-state index is 0.0263. The maximum absolute atomic E-state index is 16.8. The lowest BCUT2D eigenvalue weighted by atomic mass is 9.86. The van der Waals surface area contributed by atoms with Crippen LogP contribution in [0.1, 0.15) is 169 Å². The number of hydrogen-bond donors (Lipinski definition) is 20. The lowest BCUT2D eigenvalue weighted by Gasteiger charge is -2.45. The van der Waals surface area contributed by atoms with Gasteiger partial charge in [-0.3, -0.25) is 38.4 Å². The second-order valence-corrected chi connectivity index (χ2v) is 37.3. The highest BCUT2D eigenvalue weighted by atomic mass is 35.5. The van der Waals surface area contributed by atoms with E-state index in [1.165, 1.54) is 92.8 Å². The Balaban J connectivity index is 0.976. The fourth-order valence-electron chi connectivity index (χ4n) is 17.7. The van der Waals surface area contributed by atoms with Crippen LogP contribution in [-0.2, 0) is 68.6 Å². The molecule has 39 heteroatoms. The van der Waals surface area contributed by atoms with Crippen LogP contribution in [0, 0.1) is 5.92 Å². The topological polar surface area (TPSA) is 542 Å². The van der Waals surface area contributed by atoms with Gasteiger partial charge in [0.05, 0.1) is 53.5 Å². The zero-order valence-corrected chi connectivity index (χ0v) is 78.2. The van der Waals surface area contributed by atoms with Gasteiger partial charge >= 0.3 is 0 Å². The van der Waals surface area contributed by atoms with Crippen molar-refractivity contribution in [1.82, 2.24) is 58.5 Å². The average Bonchev–Trinajstić information content (AvgIpc) is 0.754. The molecule has 3 fully saturated rings. The maximum Gasteiger partial charge on any atom is 0.248 e. The lowest BCUT2D eigenvalue weighted by Crippen LogP contribution is -2.61. The van der Waals surface area contributed by atoms with Gasteiger partial charge in [0, 0.05) is 59.6 Å². The van der Waals surface area contributed by atoms with E-state index in [0.29, 0.717) is 44.0 Å². The molecule has 0 aliphatic carbocycles. The normalized spacial score (nSPS) is 27.3. The van der Waals surface area contributed by atoms with Gasteiger partial charge in [-0.05, 0) is 223 Å². The summed E-state index contributed by atoms with van der Waals surface area (Å²) < 4.78 is 54.4. The summed E-state index contributed by atoms with van der Waals surface area (Å²) in [5.41, 5.74) is 17.9. The van der Waals surface area contributed by atoms with Crippen molar-refractivity contribution in [3.63, 3.8) is 0 Å². The number of likely N-dealkylation sites (N-methyl/N-ethyl adjacent to an activating group) is 1. The van der Waals surface area contributed by atoms with Crippen molar-refractivity contribution in [1.29, 1.82) is 0 Å². The van der Waals surface area contributed by atoms with Crippen molar-refractivity contribution in [2.75, 3.05) is 52.9 Å². The van der Waals surface area contributed by atoms with E-state index in [9.17, 15) is 40.2 Å². The summed E-state index contributed by atoms with van der Waals surface area (Å²) in [6.07, 6.45) is -12.7. The summed E-state index contributed by atoms with van der Waals surface area (Å²) in [7, 11) is 1.51. The molecule has 7 aromatic rings. The highest BCUT2D eigenvalue weighted by Crippen LogP contribution is 2.50. The summed E-state index contributed by atoms with van der Waals surface area (Å²) in [6.45, 7) is 13.7. The summed E-state index contributed by atoms with van der Waals surface area (Å²) in [5.74, 6) is -12.4. The molecule has 0 saturated carbocycles. The van der Waals surface area contributed by atoms with E-state index in [-0.39, 0.29) is 98.6 Å². The number of phenols is 2. The molecular formula is C96H121Cl3N14O22. The Labute approximate surface area is 796 Å². The predicted molar refractivity (Wildman–Crippen MR) is 499 cm³/mol. The third kappa shape index (κ3) is 25.5. The molecule has 135 heavy (non-hydrogen) atoms. The van der Waals surface area contributed by atoms with Gasteiger partial charge in [-0.2, -0.15) is 0 Å². The Morgan fingerprint density at radius 1 is 0.637 bits per heavy atom. The third-order valence-electron chi connectivity index (χ3n) is 24.8. The van der Waals surface area contributed by atoms with Crippen LogP contribution in [0.15, 0.2) is 133 Å². The van der Waals surface area contributed by atoms with Crippen LogP contribution in [0.25, 0.3) is 22.3 Å². The van der Waals surface area contributed by atoms with Crippen LogP contribution in [0.5, 0.6) is 40.2 Å². The number of ether oxygens (including phenoxy) is 8. The number of benzene rings is 7. The van der Waals surface area contributed by atoms with Crippen molar-refractivity contribution < 1.29 is 107 Å². The second kappa shape index (κ2) is 45.7. The molecule has 20 unspecified atom stereocenters. The Morgan fingerprint density at radius 2 is 1.26 bits per heavy atom. The van der Waals surface area contributed by atoms with E-state index >= 15 is 28.8 Å². The van der Waals surface area contributed by atoms with Crippen molar-refractivity contribution >= 4 is 82.1 Å². The molecule has 0 aromatic heterocycles. The number of unbranched alkanes of at least 4 members (excludes halogenated alkanes) is 1. The average molecular weight is 1930 g/mol. The molecule has 7 aromatic carbocycles. The molecule has 0 spiro atoms. The number of nitrogens with one attached hydrogen (secondary N) is 11. The number of carbonyl (C=O) groups is 8. The number of rotatable bonds is 31. The molecule has 0 radical (unpaired) electrons. The van der Waals surface area contributed by atoms with Crippen molar-refractivity contribution in [3.05, 3.63) is 182 Å². The number of nitrogens with two attached hydrogens (primary N) is 3. The van der Waals surface area contributed by atoms with Crippen molar-refractivity contribution in [2.24, 2.45) is 23.1 Å². The van der Waals surface area contributed by atoms with Crippen molar-refractivity contribution in [2.45, 2.75) is 233 Å². The molecule has 23 N–H and O–H groups in total. The highest BCUT2D eigenvalue weighted by molar-refractivity contribution is 6.32. The van der Waals surface area contributed by atoms with Gasteiger partial charge in [-0.15, -0.1) is 0 Å². The SMILES string of the molecule is CNC(CC(C)C)C(=O)NC1C(=O)NC(CC(N)=O)C(=O)NC2C(=O)NC3C(=O)NC(C(=O)NC(C(=O)NCCCNCCCCNCCCN)c4cccc(O)c4-c4cc3ccc4O)C(OC3CC(C)(N)C(O)C(C)O3)c3ccc(c(Cl)c3)Oc3cc2cc(c3OC2OC(CO)C(O)CC2OC2CC(C)(NCc3ccc(-c4ccc(Cl)cc4)cc3)CC(C)O2)Oc2ccc(cc2Cl)C1O. The maximum atomic E-state index is 16.8. The van der Waals surface area contributed by atoms with E-state index in [2.05, 4.69) is 58.5 Å². The molecule has 20 atom stereocenters. The molecule has 8 aliphatic heterocycles. The van der Waals surface area contributed by atoms with Gasteiger partial charge < -0.3 is 144 Å². The number of fused-ring (bicyclic) bond motifs is 15. The first-order chi connectivity index (χ1) is 64.5. The van der Waals surface area contributed by atoms with Crippen LogP contribution in [-0.4, -0.2) is 222 Å². The number of carbonyl (C=O) groups excluding carboxylic acids is 8. The van der Waals surface area contributed by atoms with Crippen LogP contribution >= 0.6 is 34.8 Å². The number of phenolic OH excluding ortho intramolecular Hbond substituents is 2. The Morgan fingerprint density at radius 3 is 1.90 bits per heavy atom. The van der Waals surface area contributed by atoms with E-state index < -0.39 is 210 Å². The first-order valence-corrected chi connectivity index (χ1v) is 46.5. The monoisotopic (exact) mass is 1930 g/mol. The molecule has 8 heterocycles. The van der Waals surface area contributed by atoms with Gasteiger partial charge in [-0.25, -0.2) is 0 Å². The minimum atomic E-state index is -2.29. The fourth-order valence-corrected chi connectivity index (χ4v) is 18.2. The molecule has 36 nitrogen and oxygen atoms in total. The zero-order chi connectivity index (χ0) is 96.9. The van der Waals surface area contributed by atoms with Crippen LogP contribution in [0.4, 0.5) is 0 Å². The summed E-state index contributed by atoms with van der Waals surface area (Å²) in [5, 5.41) is 104. The molecule has 728 valence electrons. The number of hydrogen-bond acceptors (Lipinski definition) is 28. The van der Waals surface area contributed by atoms with E-state index in [4.69, 9.17) is 89.9 Å². The number of aromatic hydroxyl groups is 2. The second-order valence-electron chi connectivity index (χ2n) is 36.1. The number of primary amides is 1. The van der Waals surface area contributed by atoms with Crippen LogP contribution in [0.3, 0.4) is 0 Å². The van der Waals surface area contributed by atoms with Crippen molar-refractivity contribution in [3.8, 4) is 62.5 Å². The fraction of sp³-hybridized carbons (Fsp3) is 0.479. The minimum Gasteiger partial charge on any atom is -0.507 e. The summed E-state index contributed by atoms with van der Waals surface area (Å²) in [4.78, 5) is 124. The molecule has 8 aliphatic rings. The van der Waals surface area contributed by atoms with Crippen LogP contribution < -0.4 is 89.9 Å². The Kier molecular flexibility index (Phi) is 34.5. The molecular weight excluding hydrogens is 1810 g/mol. The molecule has 3 saturated heterocycles. The quantitative estimate of drug-likeness (QED) is 0.0204. The standard InChI is InChI=1S/C96H121Cl3N14O22/c1-48(2)35-63(103-7)87(121)112-81-83(119)55-22-27-68(61(98)37-55)130-70-39-57-40-71(85(70)135-94-72(42-67(117)73(47-114)133-94)132-75-44-95(5,43-49(3)128-75)107-46-51-15-17-52(18-16-51)53-19-24-58(97)25-20-53)131-69-28-23-56(38-62(69)99)84(134-76-45-96(6,102)86(120)50(4)129-76)82-93(127)111-80(89(123)106-34-12-33-105-31-9-8-30-104-32-11-29-100)59-13-10-14-66(116)77(59)60-36-54(21-26-65(60)115)78(90(124)113-82)110-91(125)79(57)109-88(122)64(41-74(101)118)108-92(81)126/h10,13-28,36-40,48-50,63-64,67,72-73,75-76,78-84,86,94,103-105,107,114-117,119-120H,8-9,11-12,29-35,41-47,100,102H2,1-7H3,(H2,101,118)(H,106,123)(H,108,126)(H,109,122)(H,110,125)(H,111,127)(H,112,121)(H,113,124). The van der Waals surface area contributed by atoms with Gasteiger partial charge in [0.15, 0.2) is 24.1 Å². The van der Waals surface area contributed by atoms with E-state index in [1.807, 2.05) is 76.2 Å². The van der Waals surface area contributed by atoms with Gasteiger partial charge in [0.25, 0.3) is 0 Å². The smallest absolute Gasteiger partial charge is 0.248 e. The number of halogens is 3. The third-order valence-corrected chi connectivity index (χ3v) is 25.7. The van der Waals surface area contributed by atoms with Crippen LogP contribution in [0.2, 0.25) is 15.1 Å². The summed E-state index contributed by atoms with van der Waals surface area (Å²) in [6, 6.07) is 20.0. The molecule has 15 rings (SSSR count). The van der Waals surface area contributed by atoms with E-state index in [1.54, 1.807) is 6.92 Å². The molecule has 11 bridgehead atoms. The summed E-state index contributed by atoms with van der Waals surface area (Å²) >= 11 is 21.1. The van der Waals surface area contributed by atoms with Gasteiger partial charge in [0.1, 0.15) is 83.7 Å². The largest absolute Gasteiger partial charge is 0.507 e. The zero-order valence-electron chi connectivity index (χ0n) is 76.0. The molecule has 8 amide bonds. The van der Waals surface area contributed by atoms with E-state index in [0.717, 1.165) is 55.1 Å².